The predicted octanol–water partition coefficient (Wildman–Crippen LogP) is 7.68. The van der Waals surface area contributed by atoms with Crippen molar-refractivity contribution in [2.45, 2.75) is 77.0 Å². The Balaban J connectivity index is 1.76. The SMILES string of the molecule is CC1(C)c2ccc(o2)C(C)(C)c2ccc(o2)C(C)(C)c2ccc(o2)C(C)(C)c2ccc1o2. The molecule has 8 bridgehead atoms. The predicted molar refractivity (Wildman–Crippen MR) is 123 cm³/mol. The van der Waals surface area contributed by atoms with Crippen molar-refractivity contribution < 1.29 is 17.7 Å². The average molecular weight is 433 g/mol. The Morgan fingerprint density at radius 3 is 0.562 bits per heavy atom. The molecule has 0 spiro atoms. The zero-order valence-corrected chi connectivity index (χ0v) is 20.3. The summed E-state index contributed by atoms with van der Waals surface area (Å²) in [4.78, 5) is 0. The first kappa shape index (κ1) is 21.0. The highest BCUT2D eigenvalue weighted by molar-refractivity contribution is 5.37. The third-order valence-corrected chi connectivity index (χ3v) is 7.35. The van der Waals surface area contributed by atoms with Gasteiger partial charge in [0.15, 0.2) is 0 Å². The van der Waals surface area contributed by atoms with Gasteiger partial charge in [-0.15, -0.1) is 0 Å². The summed E-state index contributed by atoms with van der Waals surface area (Å²) in [5.41, 5.74) is -1.70. The molecule has 0 aromatic carbocycles. The maximum atomic E-state index is 6.44. The van der Waals surface area contributed by atoms with E-state index in [0.717, 1.165) is 46.1 Å². The van der Waals surface area contributed by atoms with Crippen LogP contribution >= 0.6 is 0 Å². The molecule has 4 aromatic heterocycles. The fraction of sp³-hybridized carbons (Fsp3) is 0.429. The first-order chi connectivity index (χ1) is 14.8. The third-order valence-electron chi connectivity index (χ3n) is 7.35. The number of fused-ring (bicyclic) bond motifs is 8. The highest BCUT2D eigenvalue weighted by atomic mass is 16.4. The van der Waals surface area contributed by atoms with Gasteiger partial charge in [0.1, 0.15) is 46.1 Å². The summed E-state index contributed by atoms with van der Waals surface area (Å²) in [7, 11) is 0. The molecule has 168 valence electrons. The summed E-state index contributed by atoms with van der Waals surface area (Å²) in [6, 6.07) is 16.4. The van der Waals surface area contributed by atoms with Gasteiger partial charge in [0, 0.05) is 0 Å². The molecule has 0 saturated carbocycles. The fourth-order valence-electron chi connectivity index (χ4n) is 4.52. The van der Waals surface area contributed by atoms with Crippen LogP contribution in [-0.2, 0) is 21.7 Å². The van der Waals surface area contributed by atoms with Crippen molar-refractivity contribution >= 4 is 0 Å². The minimum atomic E-state index is -0.426. The van der Waals surface area contributed by atoms with E-state index in [1.165, 1.54) is 0 Å². The van der Waals surface area contributed by atoms with Crippen LogP contribution in [0.25, 0.3) is 0 Å². The molecule has 5 heterocycles. The van der Waals surface area contributed by atoms with Crippen molar-refractivity contribution in [3.8, 4) is 0 Å². The van der Waals surface area contributed by atoms with E-state index in [2.05, 4.69) is 104 Å². The summed E-state index contributed by atoms with van der Waals surface area (Å²) in [6.45, 7) is 17.0. The third kappa shape index (κ3) is 2.81. The molecule has 5 rings (SSSR count). The minimum Gasteiger partial charge on any atom is -0.464 e. The lowest BCUT2D eigenvalue weighted by molar-refractivity contribution is 0.272. The van der Waals surface area contributed by atoms with Crippen LogP contribution in [0.5, 0.6) is 0 Å². The van der Waals surface area contributed by atoms with Gasteiger partial charge in [0.25, 0.3) is 0 Å². The molecule has 32 heavy (non-hydrogen) atoms. The van der Waals surface area contributed by atoms with Crippen molar-refractivity contribution in [1.29, 1.82) is 0 Å². The molecule has 1 aliphatic heterocycles. The van der Waals surface area contributed by atoms with Gasteiger partial charge in [0.2, 0.25) is 0 Å². The maximum absolute atomic E-state index is 6.44. The van der Waals surface area contributed by atoms with E-state index < -0.39 is 21.7 Å². The minimum absolute atomic E-state index is 0.426. The molecule has 4 aromatic rings. The molecule has 0 atom stereocenters. The molecule has 4 nitrogen and oxygen atoms in total. The summed E-state index contributed by atoms with van der Waals surface area (Å²) < 4.78 is 25.8. The lowest BCUT2D eigenvalue weighted by Crippen LogP contribution is -2.21. The second kappa shape index (κ2) is 6.34. The summed E-state index contributed by atoms with van der Waals surface area (Å²) in [5, 5.41) is 0. The van der Waals surface area contributed by atoms with E-state index in [1.54, 1.807) is 0 Å². The van der Waals surface area contributed by atoms with Crippen molar-refractivity contribution in [3.05, 3.63) is 94.6 Å². The van der Waals surface area contributed by atoms with Crippen LogP contribution in [0.3, 0.4) is 0 Å². The van der Waals surface area contributed by atoms with Crippen LogP contribution < -0.4 is 0 Å². The highest BCUT2D eigenvalue weighted by Crippen LogP contribution is 2.44. The van der Waals surface area contributed by atoms with Gasteiger partial charge >= 0.3 is 0 Å². The Morgan fingerprint density at radius 1 is 0.312 bits per heavy atom. The van der Waals surface area contributed by atoms with Crippen molar-refractivity contribution in [2.24, 2.45) is 0 Å². The molecule has 0 unspecified atom stereocenters. The first-order valence-corrected chi connectivity index (χ1v) is 11.3. The maximum Gasteiger partial charge on any atom is 0.117 e. The number of hydrogen-bond acceptors (Lipinski definition) is 4. The fourth-order valence-corrected chi connectivity index (χ4v) is 4.52. The molecule has 4 heteroatoms. The second-order valence-corrected chi connectivity index (χ2v) is 11.2. The second-order valence-electron chi connectivity index (χ2n) is 11.2. The van der Waals surface area contributed by atoms with E-state index in [1.807, 2.05) is 0 Å². The molecular formula is C28H32O4. The standard InChI is InChI=1S/C28H32O4/c1-25(2)17-9-11-19(29-17)26(3,4)21-13-15-23(31-21)28(7,8)24-16-14-22(32-24)27(5,6)20-12-10-18(25)30-20/h9-16H,1-8H3. The van der Waals surface area contributed by atoms with Crippen molar-refractivity contribution in [2.75, 3.05) is 0 Å². The molecule has 0 N–H and O–H groups in total. The zero-order chi connectivity index (χ0) is 23.1. The Hall–Kier alpha value is -2.88. The quantitative estimate of drug-likeness (QED) is 0.286. The average Bonchev–Trinajstić information content (AvgIpc) is 3.53. The van der Waals surface area contributed by atoms with Gasteiger partial charge in [-0.05, 0) is 104 Å². The molecule has 0 aliphatic carbocycles. The van der Waals surface area contributed by atoms with Gasteiger partial charge in [-0.1, -0.05) is 0 Å². The van der Waals surface area contributed by atoms with Gasteiger partial charge in [0.05, 0.1) is 21.7 Å². The number of hydrogen-bond donors (Lipinski definition) is 0. The summed E-state index contributed by atoms with van der Waals surface area (Å²) in [5.74, 6) is 6.88. The smallest absolute Gasteiger partial charge is 0.117 e. The normalized spacial score (nSPS) is 20.2. The van der Waals surface area contributed by atoms with Crippen molar-refractivity contribution in [1.82, 2.24) is 0 Å². The van der Waals surface area contributed by atoms with Gasteiger partial charge < -0.3 is 17.7 Å². The molecule has 0 radical (unpaired) electrons. The van der Waals surface area contributed by atoms with Gasteiger partial charge in [-0.3, -0.25) is 0 Å². The van der Waals surface area contributed by atoms with Gasteiger partial charge in [-0.2, -0.15) is 0 Å². The molecule has 0 saturated heterocycles. The van der Waals surface area contributed by atoms with E-state index in [0.29, 0.717) is 0 Å². The molecule has 0 fully saturated rings. The van der Waals surface area contributed by atoms with E-state index in [-0.39, 0.29) is 0 Å². The zero-order valence-electron chi connectivity index (χ0n) is 20.3. The molecular weight excluding hydrogens is 400 g/mol. The van der Waals surface area contributed by atoms with Crippen LogP contribution in [0.1, 0.15) is 101 Å². The summed E-state index contributed by atoms with van der Waals surface area (Å²) >= 11 is 0. The van der Waals surface area contributed by atoms with E-state index in [9.17, 15) is 0 Å². The van der Waals surface area contributed by atoms with Gasteiger partial charge in [-0.25, -0.2) is 0 Å². The molecule has 0 amide bonds. The molecule has 1 aliphatic rings. The van der Waals surface area contributed by atoms with Crippen LogP contribution in [0, 0.1) is 0 Å². The lowest BCUT2D eigenvalue weighted by Gasteiger charge is -2.25. The highest BCUT2D eigenvalue weighted by Gasteiger charge is 2.40. The van der Waals surface area contributed by atoms with E-state index >= 15 is 0 Å². The van der Waals surface area contributed by atoms with Crippen LogP contribution in [-0.4, -0.2) is 0 Å². The number of furan rings is 4. The van der Waals surface area contributed by atoms with Crippen LogP contribution in [0.15, 0.2) is 66.2 Å². The Labute approximate surface area is 189 Å². The van der Waals surface area contributed by atoms with Crippen LogP contribution in [0.4, 0.5) is 0 Å². The number of rotatable bonds is 0. The largest absolute Gasteiger partial charge is 0.464 e. The topological polar surface area (TPSA) is 52.6 Å². The Kier molecular flexibility index (Phi) is 4.16. The van der Waals surface area contributed by atoms with Crippen molar-refractivity contribution in [3.63, 3.8) is 0 Å². The van der Waals surface area contributed by atoms with Crippen LogP contribution in [0.2, 0.25) is 0 Å². The first-order valence-electron chi connectivity index (χ1n) is 11.3. The summed E-state index contributed by atoms with van der Waals surface area (Å²) in [6.07, 6.45) is 0. The van der Waals surface area contributed by atoms with E-state index in [4.69, 9.17) is 17.7 Å². The lowest BCUT2D eigenvalue weighted by atomic mass is 9.87. The monoisotopic (exact) mass is 432 g/mol. The Morgan fingerprint density at radius 2 is 0.438 bits per heavy atom. The Bertz CT molecular complexity index is 999.